The summed E-state index contributed by atoms with van der Waals surface area (Å²) in [5.41, 5.74) is 6.94. The molecule has 2 rings (SSSR count). The molecule has 0 saturated carbocycles. The fourth-order valence-electron chi connectivity index (χ4n) is 2.71. The number of rotatable bonds is 8. The minimum absolute atomic E-state index is 0.0656. The maximum atomic E-state index is 12.6. The van der Waals surface area contributed by atoms with Crippen LogP contribution in [-0.4, -0.2) is 29.5 Å². The number of carbonyl (C=O) groups excluding carboxylic acids is 2. The van der Waals surface area contributed by atoms with Crippen molar-refractivity contribution in [2.75, 3.05) is 0 Å². The Kier molecular flexibility index (Phi) is 9.35. The molecule has 3 N–H and O–H groups in total. The van der Waals surface area contributed by atoms with Crippen LogP contribution in [0.5, 0.6) is 0 Å². The summed E-state index contributed by atoms with van der Waals surface area (Å²) in [5.74, 6) is -0.681. The number of oxime groups is 1. The molecule has 0 aliphatic heterocycles. The fourth-order valence-corrected chi connectivity index (χ4v) is 3.03. The third-order valence-electron chi connectivity index (χ3n) is 4.16. The standard InChI is InChI=1S/C23H27Cl2N3O4/c1-23(2,3)31-22(30)27-19(12-10-15-7-5-4-6-8-15)21(29)32-28-20(26)14-16-9-11-17(24)18(25)13-16/h4-9,11,13,19H,10,12,14H2,1-3H3,(H2,26,28)(H,27,30)/t19-/m0/s1. The van der Waals surface area contributed by atoms with Crippen molar-refractivity contribution in [3.63, 3.8) is 0 Å². The number of halogens is 2. The van der Waals surface area contributed by atoms with E-state index in [1.165, 1.54) is 0 Å². The molecular formula is C23H27Cl2N3O4. The highest BCUT2D eigenvalue weighted by Gasteiger charge is 2.26. The monoisotopic (exact) mass is 479 g/mol. The van der Waals surface area contributed by atoms with Gasteiger partial charge >= 0.3 is 12.1 Å². The Balaban J connectivity index is 2.03. The molecule has 0 bridgehead atoms. The van der Waals surface area contributed by atoms with E-state index in [2.05, 4.69) is 10.5 Å². The first-order chi connectivity index (χ1) is 15.0. The van der Waals surface area contributed by atoms with Crippen LogP contribution in [0, 0.1) is 0 Å². The van der Waals surface area contributed by atoms with Crippen molar-refractivity contribution in [2.24, 2.45) is 10.9 Å². The Bertz CT molecular complexity index is 959. The van der Waals surface area contributed by atoms with Crippen molar-refractivity contribution >= 4 is 41.1 Å². The second kappa shape index (κ2) is 11.7. The SMILES string of the molecule is CC(C)(C)OC(=O)N[C@@H](CCc1ccccc1)C(=O)O/N=C(\N)Cc1ccc(Cl)c(Cl)c1. The van der Waals surface area contributed by atoms with Crippen molar-refractivity contribution < 1.29 is 19.2 Å². The van der Waals surface area contributed by atoms with Gasteiger partial charge in [-0.2, -0.15) is 0 Å². The molecule has 1 amide bonds. The van der Waals surface area contributed by atoms with Gasteiger partial charge in [0.25, 0.3) is 0 Å². The average Bonchev–Trinajstić information content (AvgIpc) is 2.71. The summed E-state index contributed by atoms with van der Waals surface area (Å²) in [6, 6.07) is 13.6. The molecule has 0 spiro atoms. The molecule has 0 aliphatic rings. The van der Waals surface area contributed by atoms with Gasteiger partial charge in [-0.3, -0.25) is 0 Å². The number of hydrogen-bond acceptors (Lipinski definition) is 5. The van der Waals surface area contributed by atoms with E-state index in [0.29, 0.717) is 22.9 Å². The average molecular weight is 480 g/mol. The van der Waals surface area contributed by atoms with Gasteiger partial charge in [0.15, 0.2) is 0 Å². The number of carbonyl (C=O) groups is 2. The van der Waals surface area contributed by atoms with Gasteiger partial charge in [0.1, 0.15) is 17.5 Å². The van der Waals surface area contributed by atoms with E-state index < -0.39 is 23.7 Å². The van der Waals surface area contributed by atoms with Gasteiger partial charge in [-0.05, 0) is 56.9 Å². The molecule has 2 aromatic rings. The number of nitrogens with two attached hydrogens (primary N) is 1. The first-order valence-electron chi connectivity index (χ1n) is 10.0. The predicted molar refractivity (Wildman–Crippen MR) is 126 cm³/mol. The van der Waals surface area contributed by atoms with Gasteiger partial charge in [-0.25, -0.2) is 9.59 Å². The molecule has 7 nitrogen and oxygen atoms in total. The second-order valence-electron chi connectivity index (χ2n) is 8.14. The fraction of sp³-hybridized carbons (Fsp3) is 0.348. The molecule has 1 atom stereocenters. The lowest BCUT2D eigenvalue weighted by atomic mass is 10.1. The van der Waals surface area contributed by atoms with Crippen molar-refractivity contribution in [1.29, 1.82) is 0 Å². The summed E-state index contributed by atoms with van der Waals surface area (Å²) in [5, 5.41) is 7.07. The highest BCUT2D eigenvalue weighted by Crippen LogP contribution is 2.22. The number of amidine groups is 1. The van der Waals surface area contributed by atoms with Crippen molar-refractivity contribution in [1.82, 2.24) is 5.32 Å². The summed E-state index contributed by atoms with van der Waals surface area (Å²) < 4.78 is 5.25. The van der Waals surface area contributed by atoms with Crippen LogP contribution < -0.4 is 11.1 Å². The largest absolute Gasteiger partial charge is 0.444 e. The molecule has 0 unspecified atom stereocenters. The smallest absolute Gasteiger partial charge is 0.408 e. The van der Waals surface area contributed by atoms with Gasteiger partial charge in [-0.1, -0.05) is 64.8 Å². The van der Waals surface area contributed by atoms with E-state index in [-0.39, 0.29) is 12.3 Å². The van der Waals surface area contributed by atoms with Crippen LogP contribution in [0.2, 0.25) is 10.0 Å². The summed E-state index contributed by atoms with van der Waals surface area (Å²) in [6.45, 7) is 5.20. The third-order valence-corrected chi connectivity index (χ3v) is 4.90. The zero-order valence-electron chi connectivity index (χ0n) is 18.2. The zero-order valence-corrected chi connectivity index (χ0v) is 19.7. The molecule has 2 aromatic carbocycles. The zero-order chi connectivity index (χ0) is 23.7. The van der Waals surface area contributed by atoms with Crippen LogP contribution in [0.25, 0.3) is 0 Å². The van der Waals surface area contributed by atoms with E-state index in [1.54, 1.807) is 39.0 Å². The number of ether oxygens (including phenoxy) is 1. The summed E-state index contributed by atoms with van der Waals surface area (Å²) in [6.07, 6.45) is 0.321. The Morgan fingerprint density at radius 2 is 1.75 bits per heavy atom. The van der Waals surface area contributed by atoms with E-state index in [0.717, 1.165) is 11.1 Å². The van der Waals surface area contributed by atoms with E-state index >= 15 is 0 Å². The van der Waals surface area contributed by atoms with Crippen molar-refractivity contribution in [2.45, 2.75) is 51.7 Å². The van der Waals surface area contributed by atoms with Gasteiger partial charge in [0.2, 0.25) is 0 Å². The van der Waals surface area contributed by atoms with E-state index in [4.69, 9.17) is 38.5 Å². The van der Waals surface area contributed by atoms with Crippen molar-refractivity contribution in [3.8, 4) is 0 Å². The molecule has 9 heteroatoms. The van der Waals surface area contributed by atoms with Crippen LogP contribution >= 0.6 is 23.2 Å². The molecule has 0 radical (unpaired) electrons. The first kappa shape index (κ1) is 25.5. The van der Waals surface area contributed by atoms with Gasteiger partial charge in [0, 0.05) is 6.42 Å². The quantitative estimate of drug-likeness (QED) is 0.243. The van der Waals surface area contributed by atoms with E-state index in [1.807, 2.05) is 30.3 Å². The third kappa shape index (κ3) is 9.16. The number of alkyl carbamates (subject to hydrolysis) is 1. The Hall–Kier alpha value is -2.77. The van der Waals surface area contributed by atoms with Crippen LogP contribution in [0.1, 0.15) is 38.3 Å². The maximum absolute atomic E-state index is 12.6. The van der Waals surface area contributed by atoms with Crippen LogP contribution in [0.4, 0.5) is 4.79 Å². The topological polar surface area (TPSA) is 103 Å². The number of nitrogens with zero attached hydrogens (tertiary/aromatic N) is 1. The number of aryl methyl sites for hydroxylation is 1. The number of benzene rings is 2. The van der Waals surface area contributed by atoms with Crippen LogP contribution in [-0.2, 0) is 27.2 Å². The molecule has 0 heterocycles. The van der Waals surface area contributed by atoms with Gasteiger partial charge in [0.05, 0.1) is 10.0 Å². The molecule has 32 heavy (non-hydrogen) atoms. The summed E-state index contributed by atoms with van der Waals surface area (Å²) in [7, 11) is 0. The summed E-state index contributed by atoms with van der Waals surface area (Å²) in [4.78, 5) is 29.8. The molecule has 0 fully saturated rings. The normalized spacial score (nSPS) is 12.7. The lowest BCUT2D eigenvalue weighted by Crippen LogP contribution is -2.44. The minimum Gasteiger partial charge on any atom is -0.444 e. The molecule has 0 aromatic heterocycles. The van der Waals surface area contributed by atoms with Crippen molar-refractivity contribution in [3.05, 3.63) is 69.7 Å². The summed E-state index contributed by atoms with van der Waals surface area (Å²) >= 11 is 11.9. The van der Waals surface area contributed by atoms with E-state index in [9.17, 15) is 9.59 Å². The second-order valence-corrected chi connectivity index (χ2v) is 8.96. The highest BCUT2D eigenvalue weighted by molar-refractivity contribution is 6.42. The van der Waals surface area contributed by atoms with Gasteiger partial charge < -0.3 is 20.6 Å². The molecule has 0 aliphatic carbocycles. The number of amides is 1. The number of nitrogens with one attached hydrogen (secondary N) is 1. The van der Waals surface area contributed by atoms with Crippen LogP contribution in [0.15, 0.2) is 53.7 Å². The lowest BCUT2D eigenvalue weighted by molar-refractivity contribution is -0.146. The lowest BCUT2D eigenvalue weighted by Gasteiger charge is -2.22. The van der Waals surface area contributed by atoms with Gasteiger partial charge in [-0.15, -0.1) is 0 Å². The Labute approximate surface area is 197 Å². The van der Waals surface area contributed by atoms with Crippen LogP contribution in [0.3, 0.4) is 0 Å². The minimum atomic E-state index is -0.966. The maximum Gasteiger partial charge on any atom is 0.408 e. The Morgan fingerprint density at radius 1 is 1.06 bits per heavy atom. The molecule has 0 saturated heterocycles. The first-order valence-corrected chi connectivity index (χ1v) is 10.8. The molecule has 172 valence electrons. The predicted octanol–water partition coefficient (Wildman–Crippen LogP) is 4.88. The highest BCUT2D eigenvalue weighted by atomic mass is 35.5. The number of hydrogen-bond donors (Lipinski definition) is 2. The molecular weight excluding hydrogens is 453 g/mol. The Morgan fingerprint density at radius 3 is 2.38 bits per heavy atom.